The van der Waals surface area contributed by atoms with Crippen LogP contribution in [0.15, 0.2) is 0 Å². The molecular formula is C8H12HfO20. The predicted molar refractivity (Wildman–Crippen MR) is 57.6 cm³/mol. The minimum absolute atomic E-state index is 0. The molecule has 168 valence electrons. The number of hydrogen-bond donors (Lipinski definition) is 12. The third kappa shape index (κ3) is 31.2. The normalized spacial score (nSPS) is 10.9. The van der Waals surface area contributed by atoms with Crippen LogP contribution in [0.4, 0.5) is 0 Å². The van der Waals surface area contributed by atoms with Gasteiger partial charge in [0, 0.05) is 0 Å². The maximum atomic E-state index is 9.16. The number of hydrogen-bond acceptors (Lipinski definition) is 20. The Labute approximate surface area is 175 Å². The van der Waals surface area contributed by atoms with Crippen LogP contribution in [0.1, 0.15) is 0 Å². The van der Waals surface area contributed by atoms with E-state index in [-0.39, 0.29) is 25.8 Å². The second-order valence-corrected chi connectivity index (χ2v) is 3.69. The molecule has 0 aromatic carbocycles. The third-order valence-electron chi connectivity index (χ3n) is 1.10. The average molecular weight is 607 g/mol. The van der Waals surface area contributed by atoms with Gasteiger partial charge < -0.3 is 101 Å². The maximum absolute atomic E-state index is 9.16. The second-order valence-electron chi connectivity index (χ2n) is 3.69. The molecule has 0 aliphatic carbocycles. The number of carbonyl (C=O) groups excluding carboxylic acids is 4. The van der Waals surface area contributed by atoms with Crippen LogP contribution in [0.5, 0.6) is 0 Å². The number of carboxylic acids is 4. The fourth-order valence-electron chi connectivity index (χ4n) is 0. The SMILES string of the molecule is O=C([O-])C(O)(O)O.O=C([O-])C(O)(O)O.O=C([O-])C(O)(O)O.O=C([O-])C(O)(O)O.[Hf+4]. The number of rotatable bonds is 4. The first-order valence-electron chi connectivity index (χ1n) is 5.32. The van der Waals surface area contributed by atoms with E-state index in [0.29, 0.717) is 0 Å². The van der Waals surface area contributed by atoms with Crippen molar-refractivity contribution in [3.63, 3.8) is 0 Å². The molecule has 0 saturated heterocycles. The Morgan fingerprint density at radius 3 is 0.414 bits per heavy atom. The molecule has 0 aromatic heterocycles. The fourth-order valence-corrected chi connectivity index (χ4v) is 0. The molecule has 0 saturated carbocycles. The summed E-state index contributed by atoms with van der Waals surface area (Å²) >= 11 is 0. The predicted octanol–water partition coefficient (Wildman–Crippen LogP) is -14.5. The van der Waals surface area contributed by atoms with Crippen LogP contribution in [-0.2, 0) is 45.0 Å². The molecule has 0 radical (unpaired) electrons. The van der Waals surface area contributed by atoms with Crippen molar-refractivity contribution in [2.24, 2.45) is 0 Å². The van der Waals surface area contributed by atoms with E-state index >= 15 is 0 Å². The molecule has 0 amide bonds. The molecule has 21 heteroatoms. The summed E-state index contributed by atoms with van der Waals surface area (Å²) in [6, 6.07) is 0. The van der Waals surface area contributed by atoms with Crippen LogP contribution < -0.4 is 20.4 Å². The van der Waals surface area contributed by atoms with Crippen molar-refractivity contribution in [1.29, 1.82) is 0 Å². The van der Waals surface area contributed by atoms with Crippen molar-refractivity contribution >= 4 is 23.9 Å². The molecule has 0 heterocycles. The van der Waals surface area contributed by atoms with Gasteiger partial charge in [-0.25, -0.2) is 0 Å². The molecule has 0 aromatic rings. The van der Waals surface area contributed by atoms with Crippen LogP contribution in [0.25, 0.3) is 0 Å². The first kappa shape index (κ1) is 37.9. The van der Waals surface area contributed by atoms with Gasteiger partial charge >= 0.3 is 49.7 Å². The van der Waals surface area contributed by atoms with E-state index in [1.54, 1.807) is 0 Å². The Kier molecular flexibility index (Phi) is 18.7. The summed E-state index contributed by atoms with van der Waals surface area (Å²) in [4.78, 5) is 36.6. The van der Waals surface area contributed by atoms with E-state index in [2.05, 4.69) is 0 Å². The largest absolute Gasteiger partial charge is 4.00 e. The van der Waals surface area contributed by atoms with Crippen molar-refractivity contribution in [3.8, 4) is 0 Å². The molecule has 0 unspecified atom stereocenters. The van der Waals surface area contributed by atoms with Gasteiger partial charge in [-0.3, -0.25) is 0 Å². The van der Waals surface area contributed by atoms with Crippen LogP contribution >= 0.6 is 0 Å². The molecule has 0 aliphatic rings. The molecular weight excluding hydrogens is 595 g/mol. The van der Waals surface area contributed by atoms with Gasteiger partial charge in [0.2, 0.25) is 0 Å². The number of aliphatic hydroxyl groups is 12. The van der Waals surface area contributed by atoms with E-state index < -0.39 is 47.8 Å². The number of carbonyl (C=O) groups is 4. The summed E-state index contributed by atoms with van der Waals surface area (Å²) in [5.41, 5.74) is 0. The van der Waals surface area contributed by atoms with Crippen molar-refractivity contribution in [2.45, 2.75) is 23.9 Å². The minimum Gasteiger partial charge on any atom is -0.542 e. The minimum atomic E-state index is -3.69. The molecule has 29 heavy (non-hydrogen) atoms. The van der Waals surface area contributed by atoms with Crippen molar-refractivity contribution in [1.82, 2.24) is 0 Å². The van der Waals surface area contributed by atoms with E-state index in [4.69, 9.17) is 101 Å². The van der Waals surface area contributed by atoms with Gasteiger partial charge in [0.1, 0.15) is 23.9 Å². The molecule has 20 nitrogen and oxygen atoms in total. The zero-order valence-electron chi connectivity index (χ0n) is 13.1. The van der Waals surface area contributed by atoms with E-state index in [1.807, 2.05) is 0 Å². The van der Waals surface area contributed by atoms with Crippen LogP contribution in [-0.4, -0.2) is 109 Å². The topological polar surface area (TPSA) is 403 Å². The fraction of sp³-hybridized carbons (Fsp3) is 0.500. The smallest absolute Gasteiger partial charge is 0.542 e. The molecule has 0 atom stereocenters. The van der Waals surface area contributed by atoms with Crippen molar-refractivity contribution in [3.05, 3.63) is 0 Å². The van der Waals surface area contributed by atoms with Gasteiger partial charge in [-0.05, 0) is 0 Å². The Morgan fingerprint density at radius 1 is 0.379 bits per heavy atom. The quantitative estimate of drug-likeness (QED) is 0.104. The standard InChI is InChI=1S/4C2H4O5.Hf/c4*3-1(4)2(5,6)7;/h4*5-7H,(H,3,4);/q;;;;+4/p-4. The zero-order valence-corrected chi connectivity index (χ0v) is 16.7. The summed E-state index contributed by atoms with van der Waals surface area (Å²) in [5.74, 6) is -24.1. The van der Waals surface area contributed by atoms with E-state index in [0.717, 1.165) is 0 Å². The summed E-state index contributed by atoms with van der Waals surface area (Å²) in [6.07, 6.45) is 0. The van der Waals surface area contributed by atoms with Gasteiger partial charge in [0.15, 0.2) is 0 Å². The van der Waals surface area contributed by atoms with Gasteiger partial charge in [0.05, 0.1) is 0 Å². The third-order valence-corrected chi connectivity index (χ3v) is 1.10. The summed E-state index contributed by atoms with van der Waals surface area (Å²) in [7, 11) is 0. The molecule has 0 bridgehead atoms. The molecule has 0 spiro atoms. The van der Waals surface area contributed by atoms with Crippen LogP contribution in [0.2, 0.25) is 0 Å². The Bertz CT molecular complexity index is 417. The first-order valence-corrected chi connectivity index (χ1v) is 5.32. The Hall–Kier alpha value is -1.73. The van der Waals surface area contributed by atoms with Gasteiger partial charge in [0.25, 0.3) is 0 Å². The number of carboxylic acid groups (broad SMARTS) is 4. The first-order chi connectivity index (χ1) is 11.8. The second kappa shape index (κ2) is 14.3. The zero-order chi connectivity index (χ0) is 24.3. The van der Waals surface area contributed by atoms with Gasteiger partial charge in [-0.2, -0.15) is 0 Å². The van der Waals surface area contributed by atoms with E-state index in [9.17, 15) is 0 Å². The maximum Gasteiger partial charge on any atom is 4.00 e. The monoisotopic (exact) mass is 608 g/mol. The van der Waals surface area contributed by atoms with Gasteiger partial charge in [-0.1, -0.05) is 0 Å². The van der Waals surface area contributed by atoms with Crippen LogP contribution in [0, 0.1) is 0 Å². The Morgan fingerprint density at radius 2 is 0.414 bits per heavy atom. The Balaban J connectivity index is -0.0000000873. The molecule has 0 rings (SSSR count). The van der Waals surface area contributed by atoms with Crippen LogP contribution in [0.3, 0.4) is 0 Å². The van der Waals surface area contributed by atoms with E-state index in [1.165, 1.54) is 0 Å². The average Bonchev–Trinajstić information content (AvgIpc) is 2.35. The number of aliphatic carboxylic acids is 4. The summed E-state index contributed by atoms with van der Waals surface area (Å²) < 4.78 is 0. The molecule has 0 fully saturated rings. The van der Waals surface area contributed by atoms with Crippen molar-refractivity contribution in [2.75, 3.05) is 0 Å². The van der Waals surface area contributed by atoms with Crippen molar-refractivity contribution < 1.29 is 127 Å². The summed E-state index contributed by atoms with van der Waals surface area (Å²) in [6.45, 7) is 0. The molecule has 0 aliphatic heterocycles. The summed E-state index contributed by atoms with van der Waals surface area (Å²) in [5, 5.41) is 127. The molecule has 12 N–H and O–H groups in total. The van der Waals surface area contributed by atoms with Gasteiger partial charge in [-0.15, -0.1) is 0 Å².